The number of carbonyl (C=O) groups is 1. The largest absolute Gasteiger partial charge is 0.393 e. The van der Waals surface area contributed by atoms with Gasteiger partial charge in [-0.2, -0.15) is 0 Å². The Morgan fingerprint density at radius 3 is 2.61 bits per heavy atom. The summed E-state index contributed by atoms with van der Waals surface area (Å²) < 4.78 is 0.707. The first kappa shape index (κ1) is 17.0. The van der Waals surface area contributed by atoms with Crippen molar-refractivity contribution in [2.75, 3.05) is 29.1 Å². The zero-order valence-electron chi connectivity index (χ0n) is 13.0. The molecule has 4 N–H and O–H groups in total. The lowest BCUT2D eigenvalue weighted by Gasteiger charge is -2.22. The average Bonchev–Trinajstić information content (AvgIpc) is 2.56. The molecular weight excluding hydrogens is 360 g/mol. The molecule has 7 nitrogen and oxygen atoms in total. The maximum atomic E-state index is 12.2. The van der Waals surface area contributed by atoms with E-state index >= 15 is 0 Å². The molecule has 122 valence electrons. The van der Waals surface area contributed by atoms with Crippen LogP contribution in [0.2, 0.25) is 0 Å². The number of benzene rings is 1. The van der Waals surface area contributed by atoms with Gasteiger partial charge in [0.15, 0.2) is 11.6 Å². The molecule has 1 aromatic heterocycles. The van der Waals surface area contributed by atoms with Crippen molar-refractivity contribution in [2.45, 2.75) is 13.8 Å². The van der Waals surface area contributed by atoms with Crippen molar-refractivity contribution in [1.29, 1.82) is 0 Å². The zero-order chi connectivity index (χ0) is 16.8. The molecule has 8 heteroatoms. The fraction of sp³-hybridized carbons (Fsp3) is 0.267. The summed E-state index contributed by atoms with van der Waals surface area (Å²) in [6.45, 7) is 5.60. The van der Waals surface area contributed by atoms with Crippen LogP contribution < -0.4 is 21.5 Å². The Kier molecular flexibility index (Phi) is 5.75. The second-order valence-corrected chi connectivity index (χ2v) is 5.55. The van der Waals surface area contributed by atoms with Crippen LogP contribution in [-0.2, 0) is 0 Å². The van der Waals surface area contributed by atoms with Crippen LogP contribution in [0.15, 0.2) is 35.1 Å². The predicted octanol–water partition coefficient (Wildman–Crippen LogP) is 2.42. The Balaban J connectivity index is 2.14. The van der Waals surface area contributed by atoms with Gasteiger partial charge < -0.3 is 10.6 Å². The highest BCUT2D eigenvalue weighted by molar-refractivity contribution is 9.10. The van der Waals surface area contributed by atoms with E-state index in [-0.39, 0.29) is 5.91 Å². The molecule has 0 unspecified atom stereocenters. The number of nitrogens with one attached hydrogen (secondary N) is 2. The lowest BCUT2D eigenvalue weighted by atomic mass is 10.2. The number of amides is 1. The van der Waals surface area contributed by atoms with Crippen molar-refractivity contribution in [2.24, 2.45) is 0 Å². The van der Waals surface area contributed by atoms with Crippen LogP contribution in [0, 0.1) is 0 Å². The molecule has 1 heterocycles. The number of rotatable bonds is 6. The molecule has 2 aromatic rings. The summed E-state index contributed by atoms with van der Waals surface area (Å²) in [5.74, 6) is 0.713. The molecule has 1 amide bonds. The Hall–Kier alpha value is -2.35. The van der Waals surface area contributed by atoms with E-state index in [1.54, 1.807) is 18.2 Å². The van der Waals surface area contributed by atoms with Gasteiger partial charge in [0, 0.05) is 17.6 Å². The third kappa shape index (κ3) is 3.89. The van der Waals surface area contributed by atoms with E-state index in [1.165, 1.54) is 6.33 Å². The minimum absolute atomic E-state index is 0.292. The highest BCUT2D eigenvalue weighted by Gasteiger charge is 2.14. The molecular formula is C15H19BrN6O. The lowest BCUT2D eigenvalue weighted by molar-refractivity contribution is 0.0962. The van der Waals surface area contributed by atoms with E-state index in [2.05, 4.69) is 36.7 Å². The molecule has 0 aliphatic heterocycles. The number of nitrogens with zero attached hydrogens (tertiary/aromatic N) is 3. The average molecular weight is 379 g/mol. The van der Waals surface area contributed by atoms with Crippen molar-refractivity contribution < 1.29 is 4.79 Å². The molecule has 0 fully saturated rings. The van der Waals surface area contributed by atoms with Crippen molar-refractivity contribution in [3.8, 4) is 0 Å². The second kappa shape index (κ2) is 7.77. The van der Waals surface area contributed by atoms with Crippen LogP contribution in [0.1, 0.15) is 24.2 Å². The van der Waals surface area contributed by atoms with Crippen LogP contribution in [0.3, 0.4) is 0 Å². The van der Waals surface area contributed by atoms with Gasteiger partial charge in [-0.15, -0.1) is 0 Å². The first-order chi connectivity index (χ1) is 11.1. The monoisotopic (exact) mass is 378 g/mol. The molecule has 1 aromatic carbocycles. The maximum Gasteiger partial charge on any atom is 0.270 e. The highest BCUT2D eigenvalue weighted by atomic mass is 79.9. The van der Waals surface area contributed by atoms with Crippen LogP contribution in [0.25, 0.3) is 0 Å². The molecule has 0 bridgehead atoms. The standard InChI is InChI=1S/C15H19BrN6O/c1-3-22(4-2)14-12(17)13(18-9-19-14)20-21-15(23)10-7-5-6-8-11(10)16/h5-9H,3-4,17H2,1-2H3,(H,21,23)(H,18,19,20). The molecule has 0 aliphatic rings. The minimum atomic E-state index is -0.292. The van der Waals surface area contributed by atoms with Crippen molar-refractivity contribution in [3.05, 3.63) is 40.6 Å². The van der Waals surface area contributed by atoms with Gasteiger partial charge in [-0.3, -0.25) is 15.6 Å². The van der Waals surface area contributed by atoms with Crippen LogP contribution in [0.5, 0.6) is 0 Å². The number of halogens is 1. The van der Waals surface area contributed by atoms with E-state index in [1.807, 2.05) is 24.8 Å². The second-order valence-electron chi connectivity index (χ2n) is 4.69. The van der Waals surface area contributed by atoms with Gasteiger partial charge in [0.05, 0.1) is 5.56 Å². The molecule has 0 saturated carbocycles. The SMILES string of the molecule is CCN(CC)c1ncnc(NNC(=O)c2ccccc2Br)c1N. The van der Waals surface area contributed by atoms with Gasteiger partial charge in [-0.05, 0) is 41.9 Å². The summed E-state index contributed by atoms with van der Waals surface area (Å²) in [7, 11) is 0. The summed E-state index contributed by atoms with van der Waals surface area (Å²) in [6, 6.07) is 7.14. The molecule has 0 atom stereocenters. The third-order valence-electron chi connectivity index (χ3n) is 3.34. The Morgan fingerprint density at radius 1 is 1.26 bits per heavy atom. The van der Waals surface area contributed by atoms with Gasteiger partial charge in [-0.25, -0.2) is 9.97 Å². The topological polar surface area (TPSA) is 96.2 Å². The summed E-state index contributed by atoms with van der Waals surface area (Å²) in [6.07, 6.45) is 1.41. The number of nitrogen functional groups attached to an aromatic ring is 1. The Bertz CT molecular complexity index is 689. The Morgan fingerprint density at radius 2 is 1.96 bits per heavy atom. The number of anilines is 3. The van der Waals surface area contributed by atoms with E-state index in [0.717, 1.165) is 13.1 Å². The summed E-state index contributed by atoms with van der Waals surface area (Å²) in [5.41, 5.74) is 12.4. The lowest BCUT2D eigenvalue weighted by Crippen LogP contribution is -2.31. The number of hydrogen-bond donors (Lipinski definition) is 3. The molecule has 0 saturated heterocycles. The zero-order valence-corrected chi connectivity index (χ0v) is 14.6. The van der Waals surface area contributed by atoms with Gasteiger partial charge in [0.25, 0.3) is 5.91 Å². The predicted molar refractivity (Wildman–Crippen MR) is 95.2 cm³/mol. The van der Waals surface area contributed by atoms with E-state index in [4.69, 9.17) is 5.73 Å². The quantitative estimate of drug-likeness (QED) is 0.668. The molecule has 0 spiro atoms. The van der Waals surface area contributed by atoms with E-state index in [0.29, 0.717) is 27.4 Å². The number of hydrogen-bond acceptors (Lipinski definition) is 6. The minimum Gasteiger partial charge on any atom is -0.393 e. The smallest absolute Gasteiger partial charge is 0.270 e. The summed E-state index contributed by atoms with van der Waals surface area (Å²) in [4.78, 5) is 22.5. The third-order valence-corrected chi connectivity index (χ3v) is 4.03. The Labute approximate surface area is 143 Å². The van der Waals surface area contributed by atoms with Crippen LogP contribution >= 0.6 is 15.9 Å². The number of hydrazine groups is 1. The van der Waals surface area contributed by atoms with Gasteiger partial charge in [0.1, 0.15) is 12.0 Å². The molecule has 0 radical (unpaired) electrons. The first-order valence-corrected chi connectivity index (χ1v) is 8.04. The van der Waals surface area contributed by atoms with Crippen LogP contribution in [-0.4, -0.2) is 29.0 Å². The highest BCUT2D eigenvalue weighted by Crippen LogP contribution is 2.25. The van der Waals surface area contributed by atoms with Crippen molar-refractivity contribution >= 4 is 39.2 Å². The van der Waals surface area contributed by atoms with Crippen molar-refractivity contribution in [1.82, 2.24) is 15.4 Å². The number of aromatic nitrogens is 2. The summed E-state index contributed by atoms with van der Waals surface area (Å²) in [5, 5.41) is 0. The number of carbonyl (C=O) groups excluding carboxylic acids is 1. The number of nitrogens with two attached hydrogens (primary N) is 1. The normalized spacial score (nSPS) is 10.2. The molecule has 0 aliphatic carbocycles. The van der Waals surface area contributed by atoms with Crippen molar-refractivity contribution in [3.63, 3.8) is 0 Å². The molecule has 2 rings (SSSR count). The summed E-state index contributed by atoms with van der Waals surface area (Å²) >= 11 is 3.34. The van der Waals surface area contributed by atoms with E-state index in [9.17, 15) is 4.79 Å². The van der Waals surface area contributed by atoms with Gasteiger partial charge in [0.2, 0.25) is 0 Å². The van der Waals surface area contributed by atoms with Gasteiger partial charge in [-0.1, -0.05) is 12.1 Å². The van der Waals surface area contributed by atoms with Gasteiger partial charge >= 0.3 is 0 Å². The fourth-order valence-electron chi connectivity index (χ4n) is 2.09. The molecule has 23 heavy (non-hydrogen) atoms. The maximum absolute atomic E-state index is 12.2. The van der Waals surface area contributed by atoms with Crippen LogP contribution in [0.4, 0.5) is 17.3 Å². The van der Waals surface area contributed by atoms with E-state index < -0.39 is 0 Å². The fourth-order valence-corrected chi connectivity index (χ4v) is 2.55. The first-order valence-electron chi connectivity index (χ1n) is 7.24.